The van der Waals surface area contributed by atoms with Crippen molar-refractivity contribution in [3.05, 3.63) is 54.2 Å². The minimum Gasteiger partial charge on any atom is -0.480 e. The van der Waals surface area contributed by atoms with E-state index in [1.807, 2.05) is 38.1 Å². The maximum absolute atomic E-state index is 13.8. The molecule has 3 aromatic rings. The van der Waals surface area contributed by atoms with Crippen LogP contribution >= 0.6 is 0 Å². The fourth-order valence-electron chi connectivity index (χ4n) is 5.20. The molecule has 4 rings (SSSR count). The van der Waals surface area contributed by atoms with E-state index in [-0.39, 0.29) is 25.3 Å². The first kappa shape index (κ1) is 28.8. The van der Waals surface area contributed by atoms with E-state index in [4.69, 9.17) is 5.73 Å². The Morgan fingerprint density at radius 2 is 1.85 bits per heavy atom. The van der Waals surface area contributed by atoms with E-state index in [9.17, 15) is 24.3 Å². The van der Waals surface area contributed by atoms with Crippen LogP contribution in [0.2, 0.25) is 0 Å². The van der Waals surface area contributed by atoms with Crippen LogP contribution in [0.1, 0.15) is 44.4 Å². The van der Waals surface area contributed by atoms with Crippen LogP contribution in [-0.2, 0) is 32.0 Å². The number of imidazole rings is 1. The first-order valence-corrected chi connectivity index (χ1v) is 13.6. The molecule has 12 nitrogen and oxygen atoms in total. The Bertz CT molecular complexity index is 1340. The van der Waals surface area contributed by atoms with Crippen LogP contribution in [0.25, 0.3) is 10.9 Å². The molecule has 3 amide bonds. The number of nitrogens with two attached hydrogens (primary N) is 1. The van der Waals surface area contributed by atoms with Crippen LogP contribution in [0.15, 0.2) is 43.0 Å². The summed E-state index contributed by atoms with van der Waals surface area (Å²) in [7, 11) is 0. The molecule has 40 heavy (non-hydrogen) atoms. The predicted octanol–water partition coefficient (Wildman–Crippen LogP) is 1.09. The Kier molecular flexibility index (Phi) is 9.20. The number of likely N-dealkylation sites (tertiary alicyclic amines) is 1. The van der Waals surface area contributed by atoms with Gasteiger partial charge in [-0.05, 0) is 36.8 Å². The van der Waals surface area contributed by atoms with Crippen molar-refractivity contribution in [2.24, 2.45) is 11.7 Å². The third kappa shape index (κ3) is 6.87. The molecule has 1 aromatic carbocycles. The summed E-state index contributed by atoms with van der Waals surface area (Å²) in [6.45, 7) is 4.19. The number of amides is 3. The summed E-state index contributed by atoms with van der Waals surface area (Å²) in [6.07, 6.45) is 6.38. The highest BCUT2D eigenvalue weighted by atomic mass is 16.4. The average Bonchev–Trinajstić information content (AvgIpc) is 3.68. The summed E-state index contributed by atoms with van der Waals surface area (Å²) >= 11 is 0. The maximum Gasteiger partial charge on any atom is 0.326 e. The highest BCUT2D eigenvalue weighted by Crippen LogP contribution is 2.21. The second kappa shape index (κ2) is 12.8. The molecular formula is C28H37N7O5. The van der Waals surface area contributed by atoms with E-state index >= 15 is 0 Å². The number of carboxylic acid groups (broad SMARTS) is 1. The molecule has 214 valence electrons. The molecule has 0 aliphatic carbocycles. The maximum atomic E-state index is 13.8. The minimum absolute atomic E-state index is 0.0774. The number of carbonyl (C=O) groups excluding carboxylic acids is 3. The molecule has 1 aliphatic heterocycles. The summed E-state index contributed by atoms with van der Waals surface area (Å²) in [5.41, 5.74) is 8.42. The molecule has 1 fully saturated rings. The summed E-state index contributed by atoms with van der Waals surface area (Å²) in [4.78, 5) is 63.5. The Hall–Kier alpha value is -4.19. The lowest BCUT2D eigenvalue weighted by molar-refractivity contribution is -0.149. The molecule has 3 heterocycles. The van der Waals surface area contributed by atoms with Crippen molar-refractivity contribution in [2.45, 2.75) is 70.1 Å². The first-order chi connectivity index (χ1) is 19.1. The average molecular weight is 552 g/mol. The zero-order valence-electron chi connectivity index (χ0n) is 22.7. The number of hydrogen-bond donors (Lipinski definition) is 6. The monoisotopic (exact) mass is 551 g/mol. The normalized spacial score (nSPS) is 17.5. The van der Waals surface area contributed by atoms with E-state index in [2.05, 4.69) is 25.6 Å². The van der Waals surface area contributed by atoms with Gasteiger partial charge in [0.1, 0.15) is 18.1 Å². The minimum atomic E-state index is -1.08. The quantitative estimate of drug-likeness (QED) is 0.194. The van der Waals surface area contributed by atoms with Gasteiger partial charge < -0.3 is 36.3 Å². The third-order valence-electron chi connectivity index (χ3n) is 7.21. The zero-order chi connectivity index (χ0) is 28.8. The number of carbonyl (C=O) groups is 4. The van der Waals surface area contributed by atoms with Crippen molar-refractivity contribution in [1.29, 1.82) is 0 Å². The molecular weight excluding hydrogens is 514 g/mol. The van der Waals surface area contributed by atoms with E-state index in [0.29, 0.717) is 25.0 Å². The van der Waals surface area contributed by atoms with E-state index in [1.54, 1.807) is 12.4 Å². The van der Waals surface area contributed by atoms with Crippen molar-refractivity contribution < 1.29 is 24.3 Å². The second-order valence-corrected chi connectivity index (χ2v) is 10.7. The molecule has 0 saturated carbocycles. The van der Waals surface area contributed by atoms with Gasteiger partial charge in [-0.25, -0.2) is 9.78 Å². The molecule has 0 bridgehead atoms. The number of H-pyrrole nitrogens is 2. The van der Waals surface area contributed by atoms with Gasteiger partial charge in [-0.2, -0.15) is 0 Å². The van der Waals surface area contributed by atoms with Crippen LogP contribution in [0.5, 0.6) is 0 Å². The molecule has 0 radical (unpaired) electrons. The predicted molar refractivity (Wildman–Crippen MR) is 148 cm³/mol. The van der Waals surface area contributed by atoms with Crippen LogP contribution < -0.4 is 16.4 Å². The number of rotatable bonds is 12. The van der Waals surface area contributed by atoms with Crippen molar-refractivity contribution in [3.8, 4) is 0 Å². The van der Waals surface area contributed by atoms with Gasteiger partial charge in [0.15, 0.2) is 0 Å². The number of para-hydroxylation sites is 1. The Morgan fingerprint density at radius 3 is 2.55 bits per heavy atom. The number of aliphatic carboxylic acids is 1. The smallest absolute Gasteiger partial charge is 0.326 e. The summed E-state index contributed by atoms with van der Waals surface area (Å²) < 4.78 is 0. The molecule has 4 unspecified atom stereocenters. The van der Waals surface area contributed by atoms with Gasteiger partial charge >= 0.3 is 5.97 Å². The summed E-state index contributed by atoms with van der Waals surface area (Å²) in [5.74, 6) is -2.43. The van der Waals surface area contributed by atoms with Crippen LogP contribution in [0.3, 0.4) is 0 Å². The summed E-state index contributed by atoms with van der Waals surface area (Å²) in [6, 6.07) is 3.76. The van der Waals surface area contributed by atoms with Crippen molar-refractivity contribution >= 4 is 34.6 Å². The number of nitrogens with zero attached hydrogens (tertiary/aromatic N) is 2. The second-order valence-electron chi connectivity index (χ2n) is 10.7. The molecule has 4 atom stereocenters. The molecule has 1 saturated heterocycles. The number of carboxylic acids is 1. The largest absolute Gasteiger partial charge is 0.480 e. The molecule has 2 aromatic heterocycles. The number of nitrogens with one attached hydrogen (secondary N) is 4. The Labute approximate surface area is 232 Å². The van der Waals surface area contributed by atoms with Gasteiger partial charge in [-0.3, -0.25) is 14.4 Å². The van der Waals surface area contributed by atoms with E-state index < -0.39 is 47.9 Å². The number of aromatic nitrogens is 3. The van der Waals surface area contributed by atoms with Gasteiger partial charge in [0.2, 0.25) is 17.7 Å². The van der Waals surface area contributed by atoms with E-state index in [0.717, 1.165) is 16.5 Å². The SMILES string of the molecule is CC(C)CC(N)C(=O)NC(Cc1c[nH]c2ccccc12)C(=O)NC(Cc1cnc[nH]1)C(=O)N1CCCC1C(=O)O. The number of aromatic amines is 2. The topological polar surface area (TPSA) is 186 Å². The van der Waals surface area contributed by atoms with Crippen LogP contribution in [0, 0.1) is 5.92 Å². The van der Waals surface area contributed by atoms with Gasteiger partial charge in [0.25, 0.3) is 0 Å². The lowest BCUT2D eigenvalue weighted by Gasteiger charge is -2.29. The lowest BCUT2D eigenvalue weighted by Crippen LogP contribution is -2.58. The van der Waals surface area contributed by atoms with Gasteiger partial charge in [0.05, 0.1) is 12.4 Å². The Balaban J connectivity index is 1.59. The van der Waals surface area contributed by atoms with Crippen molar-refractivity contribution in [3.63, 3.8) is 0 Å². The third-order valence-corrected chi connectivity index (χ3v) is 7.21. The van der Waals surface area contributed by atoms with Gasteiger partial charge in [0, 0.05) is 48.4 Å². The van der Waals surface area contributed by atoms with Crippen molar-refractivity contribution in [2.75, 3.05) is 6.54 Å². The number of fused-ring (bicyclic) bond motifs is 1. The highest BCUT2D eigenvalue weighted by molar-refractivity contribution is 5.95. The number of benzene rings is 1. The molecule has 0 spiro atoms. The first-order valence-electron chi connectivity index (χ1n) is 13.6. The highest BCUT2D eigenvalue weighted by Gasteiger charge is 2.38. The molecule has 1 aliphatic rings. The lowest BCUT2D eigenvalue weighted by atomic mass is 10.0. The fraction of sp³-hybridized carbons (Fsp3) is 0.464. The van der Waals surface area contributed by atoms with Crippen molar-refractivity contribution in [1.82, 2.24) is 30.5 Å². The van der Waals surface area contributed by atoms with Gasteiger partial charge in [-0.1, -0.05) is 32.0 Å². The zero-order valence-corrected chi connectivity index (χ0v) is 22.7. The molecule has 7 N–H and O–H groups in total. The standard InChI is InChI=1S/C28H37N7O5/c1-16(2)10-20(29)25(36)33-22(11-17-13-31-21-7-4-3-6-19(17)21)26(37)34-23(12-18-14-30-15-32-18)27(38)35-9-5-8-24(35)28(39)40/h3-4,6-7,13-16,20,22-24,31H,5,8-12,29H2,1-2H3,(H,30,32)(H,33,36)(H,34,37)(H,39,40). The van der Waals surface area contributed by atoms with E-state index in [1.165, 1.54) is 11.2 Å². The fourth-order valence-corrected chi connectivity index (χ4v) is 5.20. The van der Waals surface area contributed by atoms with Gasteiger partial charge in [-0.15, -0.1) is 0 Å². The van der Waals surface area contributed by atoms with Crippen LogP contribution in [-0.4, -0.2) is 79.4 Å². The number of hydrogen-bond acceptors (Lipinski definition) is 6. The van der Waals surface area contributed by atoms with Crippen LogP contribution in [0.4, 0.5) is 0 Å². The molecule has 12 heteroatoms. The summed E-state index contributed by atoms with van der Waals surface area (Å²) in [5, 5.41) is 16.1. The Morgan fingerprint density at radius 1 is 1.10 bits per heavy atom.